The summed E-state index contributed by atoms with van der Waals surface area (Å²) >= 11 is 2.70. The van der Waals surface area contributed by atoms with Gasteiger partial charge in [-0.25, -0.2) is 8.42 Å². The SMILES string of the molecule is C=CCS(=O)(=O)C(Br)C=O. The lowest BCUT2D eigenvalue weighted by Gasteiger charge is -1.99. The molecule has 0 saturated heterocycles. The van der Waals surface area contributed by atoms with Gasteiger partial charge in [0.15, 0.2) is 14.0 Å². The number of carbonyl (C=O) groups excluding carboxylic acids is 1. The highest BCUT2D eigenvalue weighted by molar-refractivity contribution is 9.11. The van der Waals surface area contributed by atoms with E-state index < -0.39 is 14.0 Å². The van der Waals surface area contributed by atoms with Crippen molar-refractivity contribution in [2.45, 2.75) is 4.16 Å². The molecule has 10 heavy (non-hydrogen) atoms. The molecular weight excluding hydrogens is 220 g/mol. The summed E-state index contributed by atoms with van der Waals surface area (Å²) in [5, 5.41) is 0. The number of halogens is 1. The molecule has 5 heteroatoms. The molecule has 0 aromatic rings. The molecule has 0 saturated carbocycles. The Balaban J connectivity index is 4.40. The average molecular weight is 227 g/mol. The molecule has 58 valence electrons. The van der Waals surface area contributed by atoms with Crippen molar-refractivity contribution in [2.75, 3.05) is 5.75 Å². The van der Waals surface area contributed by atoms with Crippen LogP contribution in [0.25, 0.3) is 0 Å². The van der Waals surface area contributed by atoms with Gasteiger partial charge >= 0.3 is 0 Å². The standard InChI is InChI=1S/C5H7BrO3S/c1-2-3-10(8,9)5(6)4-7/h2,4-5H,1,3H2. The maximum absolute atomic E-state index is 10.8. The van der Waals surface area contributed by atoms with E-state index in [2.05, 4.69) is 22.5 Å². The van der Waals surface area contributed by atoms with E-state index in [0.29, 0.717) is 6.29 Å². The van der Waals surface area contributed by atoms with E-state index in [-0.39, 0.29) is 5.75 Å². The fraction of sp³-hybridized carbons (Fsp3) is 0.400. The lowest BCUT2D eigenvalue weighted by atomic mass is 10.8. The van der Waals surface area contributed by atoms with Crippen molar-refractivity contribution in [3.63, 3.8) is 0 Å². The van der Waals surface area contributed by atoms with Gasteiger partial charge in [0.1, 0.15) is 6.29 Å². The summed E-state index contributed by atoms with van der Waals surface area (Å²) in [4.78, 5) is 9.97. The molecule has 0 rings (SSSR count). The summed E-state index contributed by atoms with van der Waals surface area (Å²) in [5.74, 6) is -0.179. The van der Waals surface area contributed by atoms with Gasteiger partial charge in [-0.05, 0) is 0 Å². The van der Waals surface area contributed by atoms with E-state index in [9.17, 15) is 13.2 Å². The minimum atomic E-state index is -3.33. The molecule has 0 fully saturated rings. The highest BCUT2D eigenvalue weighted by Gasteiger charge is 2.19. The molecule has 0 heterocycles. The highest BCUT2D eigenvalue weighted by atomic mass is 79.9. The smallest absolute Gasteiger partial charge is 0.173 e. The Morgan fingerprint density at radius 3 is 2.40 bits per heavy atom. The van der Waals surface area contributed by atoms with Gasteiger partial charge in [0.05, 0.1) is 5.75 Å². The van der Waals surface area contributed by atoms with Crippen LogP contribution in [-0.2, 0) is 14.6 Å². The topological polar surface area (TPSA) is 51.2 Å². The highest BCUT2D eigenvalue weighted by Crippen LogP contribution is 2.06. The van der Waals surface area contributed by atoms with Gasteiger partial charge in [-0.2, -0.15) is 0 Å². The van der Waals surface area contributed by atoms with E-state index >= 15 is 0 Å². The van der Waals surface area contributed by atoms with Crippen LogP contribution in [0.5, 0.6) is 0 Å². The largest absolute Gasteiger partial charge is 0.301 e. The van der Waals surface area contributed by atoms with E-state index in [4.69, 9.17) is 0 Å². The number of sulfone groups is 1. The number of carbonyl (C=O) groups is 1. The second-order valence-corrected chi connectivity index (χ2v) is 5.36. The first-order valence-corrected chi connectivity index (χ1v) is 5.09. The maximum atomic E-state index is 10.8. The van der Waals surface area contributed by atoms with Crippen LogP contribution in [0, 0.1) is 0 Å². The van der Waals surface area contributed by atoms with Crippen molar-refractivity contribution < 1.29 is 13.2 Å². The normalized spacial score (nSPS) is 14.1. The Morgan fingerprint density at radius 2 is 2.10 bits per heavy atom. The molecule has 0 spiro atoms. The van der Waals surface area contributed by atoms with Crippen molar-refractivity contribution in [3.05, 3.63) is 12.7 Å². The molecule has 0 N–H and O–H groups in total. The van der Waals surface area contributed by atoms with E-state index in [1.807, 2.05) is 0 Å². The number of hydrogen-bond donors (Lipinski definition) is 0. The van der Waals surface area contributed by atoms with Gasteiger partial charge in [0.2, 0.25) is 0 Å². The van der Waals surface area contributed by atoms with Gasteiger partial charge in [-0.1, -0.05) is 22.0 Å². The number of hydrogen-bond acceptors (Lipinski definition) is 3. The molecule has 1 unspecified atom stereocenters. The van der Waals surface area contributed by atoms with Crippen LogP contribution in [0.1, 0.15) is 0 Å². The van der Waals surface area contributed by atoms with E-state index in [1.165, 1.54) is 6.08 Å². The first-order valence-electron chi connectivity index (χ1n) is 2.46. The predicted octanol–water partition coefficient (Wildman–Crippen LogP) is 0.507. The fourth-order valence-corrected chi connectivity index (χ4v) is 1.48. The van der Waals surface area contributed by atoms with Crippen LogP contribution in [0.2, 0.25) is 0 Å². The summed E-state index contributed by atoms with van der Waals surface area (Å²) in [6, 6.07) is 0. The zero-order valence-corrected chi connectivity index (χ0v) is 7.56. The van der Waals surface area contributed by atoms with Gasteiger partial charge < -0.3 is 4.79 Å². The minimum absolute atomic E-state index is 0.179. The first-order chi connectivity index (χ1) is 4.54. The van der Waals surface area contributed by atoms with Gasteiger partial charge in [0, 0.05) is 0 Å². The average Bonchev–Trinajstić information content (AvgIpc) is 1.86. The quantitative estimate of drug-likeness (QED) is 0.399. The lowest BCUT2D eigenvalue weighted by Crippen LogP contribution is -2.18. The minimum Gasteiger partial charge on any atom is -0.301 e. The Morgan fingerprint density at radius 1 is 1.60 bits per heavy atom. The van der Waals surface area contributed by atoms with Crippen molar-refractivity contribution in [2.24, 2.45) is 0 Å². The van der Waals surface area contributed by atoms with Gasteiger partial charge in [0.25, 0.3) is 0 Å². The van der Waals surface area contributed by atoms with Crippen LogP contribution >= 0.6 is 15.9 Å². The molecule has 0 aliphatic heterocycles. The molecule has 0 aromatic heterocycles. The fourth-order valence-electron chi connectivity index (χ4n) is 0.341. The molecule has 1 atom stereocenters. The van der Waals surface area contributed by atoms with Gasteiger partial charge in [-0.15, -0.1) is 6.58 Å². The second kappa shape index (κ2) is 3.88. The number of aldehydes is 1. The van der Waals surface area contributed by atoms with E-state index in [0.717, 1.165) is 0 Å². The monoisotopic (exact) mass is 226 g/mol. The number of alkyl halides is 1. The lowest BCUT2D eigenvalue weighted by molar-refractivity contribution is -0.106. The summed E-state index contributed by atoms with van der Waals surface area (Å²) in [6.45, 7) is 3.25. The summed E-state index contributed by atoms with van der Waals surface area (Å²) < 4.78 is 20.5. The Hall–Kier alpha value is -0.160. The molecule has 0 aliphatic carbocycles. The van der Waals surface area contributed by atoms with Crippen LogP contribution in [0.15, 0.2) is 12.7 Å². The predicted molar refractivity (Wildman–Crippen MR) is 42.8 cm³/mol. The Labute approximate surface area is 68.2 Å². The van der Waals surface area contributed by atoms with Crippen molar-refractivity contribution in [3.8, 4) is 0 Å². The van der Waals surface area contributed by atoms with Crippen LogP contribution in [0.4, 0.5) is 0 Å². The van der Waals surface area contributed by atoms with E-state index in [1.54, 1.807) is 0 Å². The third-order valence-corrected chi connectivity index (χ3v) is 4.22. The second-order valence-electron chi connectivity index (χ2n) is 1.61. The zero-order chi connectivity index (χ0) is 8.20. The van der Waals surface area contributed by atoms with Crippen molar-refractivity contribution in [1.82, 2.24) is 0 Å². The summed E-state index contributed by atoms with van der Waals surface area (Å²) in [5.41, 5.74) is 0. The van der Waals surface area contributed by atoms with Crippen molar-refractivity contribution in [1.29, 1.82) is 0 Å². The molecule has 0 aromatic carbocycles. The van der Waals surface area contributed by atoms with Crippen LogP contribution < -0.4 is 0 Å². The van der Waals surface area contributed by atoms with Crippen molar-refractivity contribution >= 4 is 32.1 Å². The first kappa shape index (κ1) is 9.84. The molecule has 0 amide bonds. The zero-order valence-electron chi connectivity index (χ0n) is 5.16. The molecule has 0 bridgehead atoms. The Bertz CT molecular complexity index is 219. The maximum Gasteiger partial charge on any atom is 0.173 e. The molecular formula is C5H7BrO3S. The van der Waals surface area contributed by atoms with Crippen LogP contribution in [0.3, 0.4) is 0 Å². The Kier molecular flexibility index (Phi) is 3.81. The molecule has 0 aliphatic rings. The van der Waals surface area contributed by atoms with Gasteiger partial charge in [-0.3, -0.25) is 0 Å². The van der Waals surface area contributed by atoms with Crippen LogP contribution in [-0.4, -0.2) is 24.6 Å². The number of rotatable bonds is 4. The summed E-state index contributed by atoms with van der Waals surface area (Å²) in [6.07, 6.45) is 1.58. The molecule has 0 radical (unpaired) electrons. The summed E-state index contributed by atoms with van der Waals surface area (Å²) in [7, 11) is -3.33. The molecule has 3 nitrogen and oxygen atoms in total. The third-order valence-electron chi connectivity index (χ3n) is 0.800. The third kappa shape index (κ3) is 2.62.